The van der Waals surface area contributed by atoms with Crippen LogP contribution in [0.4, 0.5) is 9.18 Å². The van der Waals surface area contributed by atoms with Gasteiger partial charge in [0.25, 0.3) is 11.1 Å². The highest BCUT2D eigenvalue weighted by Gasteiger charge is 2.36. The molecule has 1 saturated heterocycles. The maximum absolute atomic E-state index is 13.8. The minimum absolute atomic E-state index is 0.0799. The molecule has 2 aromatic rings. The Morgan fingerprint density at radius 3 is 2.39 bits per heavy atom. The quantitative estimate of drug-likeness (QED) is 0.423. The molecule has 146 valence electrons. The number of thioether (sulfide) groups is 1. The fourth-order valence-electron chi connectivity index (χ4n) is 2.64. The van der Waals surface area contributed by atoms with Gasteiger partial charge in [0.05, 0.1) is 13.9 Å². The lowest BCUT2D eigenvalue weighted by Crippen LogP contribution is -2.34. The van der Waals surface area contributed by atoms with Gasteiger partial charge in [-0.1, -0.05) is 18.2 Å². The lowest BCUT2D eigenvalue weighted by atomic mass is 10.2. The van der Waals surface area contributed by atoms with Crippen LogP contribution in [0.2, 0.25) is 0 Å². The predicted octanol–water partition coefficient (Wildman–Crippen LogP) is 6.37. The average Bonchev–Trinajstić information content (AvgIpc) is 2.89. The first-order valence-electron chi connectivity index (χ1n) is 8.40. The Kier molecular flexibility index (Phi) is 6.62. The fourth-order valence-corrected chi connectivity index (χ4v) is 5.05. The van der Waals surface area contributed by atoms with E-state index in [1.54, 1.807) is 50.3 Å². The highest BCUT2D eigenvalue weighted by atomic mass is 79.9. The molecule has 0 aromatic heterocycles. The molecule has 28 heavy (non-hydrogen) atoms. The third-order valence-electron chi connectivity index (χ3n) is 3.99. The minimum Gasteiger partial charge on any atom is -0.486 e. The van der Waals surface area contributed by atoms with Gasteiger partial charge < -0.3 is 4.74 Å². The minimum atomic E-state index is -0.327. The second-order valence-corrected chi connectivity index (χ2v) is 9.04. The van der Waals surface area contributed by atoms with Gasteiger partial charge in [-0.25, -0.2) is 4.39 Å². The van der Waals surface area contributed by atoms with Crippen LogP contribution in [0.25, 0.3) is 6.08 Å². The number of imide groups is 1. The van der Waals surface area contributed by atoms with E-state index < -0.39 is 0 Å². The third-order valence-corrected chi connectivity index (χ3v) is 6.05. The van der Waals surface area contributed by atoms with Crippen molar-refractivity contribution in [3.05, 3.63) is 67.2 Å². The molecule has 1 aliphatic rings. The SMILES string of the molecule is CC(C)N1C(=O)S/C(=C/c2cc(Br)c(OCc3ccccc3F)c(Br)c2)C1=O. The molecule has 0 spiro atoms. The summed E-state index contributed by atoms with van der Waals surface area (Å²) in [5, 5.41) is -0.269. The maximum atomic E-state index is 13.8. The third kappa shape index (κ3) is 4.50. The number of benzene rings is 2. The average molecular weight is 529 g/mol. The molecule has 0 saturated carbocycles. The standard InChI is InChI=1S/C20H16Br2FNO3S/c1-11(2)24-19(25)17(28-20(24)26)9-12-7-14(21)18(15(22)8-12)27-10-13-5-3-4-6-16(13)23/h3-9,11H,10H2,1-2H3/b17-9+. The van der Waals surface area contributed by atoms with Crippen LogP contribution >= 0.6 is 43.6 Å². The van der Waals surface area contributed by atoms with E-state index in [-0.39, 0.29) is 29.6 Å². The first-order valence-corrected chi connectivity index (χ1v) is 10.8. The summed E-state index contributed by atoms with van der Waals surface area (Å²) in [7, 11) is 0. The molecule has 1 fully saturated rings. The van der Waals surface area contributed by atoms with Crippen molar-refractivity contribution in [3.8, 4) is 5.75 Å². The Balaban J connectivity index is 1.82. The molecular weight excluding hydrogens is 513 g/mol. The van der Waals surface area contributed by atoms with E-state index in [0.717, 1.165) is 17.3 Å². The number of rotatable bonds is 5. The van der Waals surface area contributed by atoms with E-state index in [1.165, 1.54) is 11.0 Å². The predicted molar refractivity (Wildman–Crippen MR) is 116 cm³/mol. The summed E-state index contributed by atoms with van der Waals surface area (Å²) in [5.74, 6) is -0.0972. The molecule has 0 aliphatic carbocycles. The molecule has 0 radical (unpaired) electrons. The Labute approximate surface area is 183 Å². The Morgan fingerprint density at radius 2 is 1.82 bits per heavy atom. The number of nitrogens with zero attached hydrogens (tertiary/aromatic N) is 1. The lowest BCUT2D eigenvalue weighted by molar-refractivity contribution is -0.123. The second kappa shape index (κ2) is 8.80. The zero-order valence-electron chi connectivity index (χ0n) is 15.0. The molecule has 0 atom stereocenters. The highest BCUT2D eigenvalue weighted by Crippen LogP contribution is 2.38. The Bertz CT molecular complexity index is 955. The fraction of sp³-hybridized carbons (Fsp3) is 0.200. The number of halogens is 3. The van der Waals surface area contributed by atoms with E-state index in [1.807, 2.05) is 0 Å². The second-order valence-electron chi connectivity index (χ2n) is 6.34. The summed E-state index contributed by atoms with van der Waals surface area (Å²) in [6.07, 6.45) is 1.67. The van der Waals surface area contributed by atoms with Crippen molar-refractivity contribution in [2.24, 2.45) is 0 Å². The number of ether oxygens (including phenoxy) is 1. The van der Waals surface area contributed by atoms with Crippen molar-refractivity contribution >= 4 is 60.8 Å². The van der Waals surface area contributed by atoms with Gasteiger partial charge in [0.1, 0.15) is 18.2 Å². The van der Waals surface area contributed by atoms with Crippen molar-refractivity contribution in [1.82, 2.24) is 4.90 Å². The molecule has 2 aromatic carbocycles. The van der Waals surface area contributed by atoms with E-state index in [9.17, 15) is 14.0 Å². The monoisotopic (exact) mass is 527 g/mol. The molecule has 0 unspecified atom stereocenters. The van der Waals surface area contributed by atoms with Crippen LogP contribution in [-0.2, 0) is 11.4 Å². The van der Waals surface area contributed by atoms with Crippen molar-refractivity contribution < 1.29 is 18.7 Å². The van der Waals surface area contributed by atoms with Crippen LogP contribution in [0.5, 0.6) is 5.75 Å². The van der Waals surface area contributed by atoms with Crippen LogP contribution in [0, 0.1) is 5.82 Å². The summed E-state index contributed by atoms with van der Waals surface area (Å²) in [5.41, 5.74) is 1.18. The number of carbonyl (C=O) groups is 2. The highest BCUT2D eigenvalue weighted by molar-refractivity contribution is 9.11. The number of amides is 2. The maximum Gasteiger partial charge on any atom is 0.293 e. The molecule has 0 bridgehead atoms. The van der Waals surface area contributed by atoms with Gasteiger partial charge in [0, 0.05) is 11.6 Å². The van der Waals surface area contributed by atoms with E-state index in [0.29, 0.717) is 25.2 Å². The van der Waals surface area contributed by atoms with Gasteiger partial charge in [-0.05, 0) is 87.3 Å². The summed E-state index contributed by atoms with van der Waals surface area (Å²) < 4.78 is 20.8. The van der Waals surface area contributed by atoms with Crippen molar-refractivity contribution in [1.29, 1.82) is 0 Å². The van der Waals surface area contributed by atoms with E-state index >= 15 is 0 Å². The summed E-state index contributed by atoms with van der Waals surface area (Å²) >= 11 is 7.83. The van der Waals surface area contributed by atoms with Crippen LogP contribution < -0.4 is 4.74 Å². The molecule has 3 rings (SSSR count). The zero-order chi connectivity index (χ0) is 20.4. The Hall–Kier alpha value is -1.64. The van der Waals surface area contributed by atoms with Crippen LogP contribution in [0.1, 0.15) is 25.0 Å². The molecule has 4 nitrogen and oxygen atoms in total. The normalized spacial score (nSPS) is 15.8. The molecule has 1 aliphatic heterocycles. The van der Waals surface area contributed by atoms with Gasteiger partial charge in [-0.15, -0.1) is 0 Å². The molecule has 2 amide bonds. The summed E-state index contributed by atoms with van der Waals surface area (Å²) in [6.45, 7) is 3.68. The number of hydrogen-bond acceptors (Lipinski definition) is 4. The Morgan fingerprint density at radius 1 is 1.18 bits per heavy atom. The smallest absolute Gasteiger partial charge is 0.293 e. The van der Waals surface area contributed by atoms with Gasteiger partial charge in [-0.3, -0.25) is 14.5 Å². The lowest BCUT2D eigenvalue weighted by Gasteiger charge is -2.16. The molecular formula is C20H16Br2FNO3S. The van der Waals surface area contributed by atoms with Gasteiger partial charge in [-0.2, -0.15) is 0 Å². The zero-order valence-corrected chi connectivity index (χ0v) is 19.0. The van der Waals surface area contributed by atoms with E-state index in [4.69, 9.17) is 4.74 Å². The molecule has 0 N–H and O–H groups in total. The van der Waals surface area contributed by atoms with Crippen molar-refractivity contribution in [3.63, 3.8) is 0 Å². The number of hydrogen-bond donors (Lipinski definition) is 0. The van der Waals surface area contributed by atoms with Gasteiger partial charge >= 0.3 is 0 Å². The molecule has 1 heterocycles. The van der Waals surface area contributed by atoms with Crippen molar-refractivity contribution in [2.45, 2.75) is 26.5 Å². The molecule has 8 heteroatoms. The first kappa shape index (κ1) is 21.1. The van der Waals surface area contributed by atoms with E-state index in [2.05, 4.69) is 31.9 Å². The van der Waals surface area contributed by atoms with Crippen LogP contribution in [0.15, 0.2) is 50.2 Å². The number of carbonyl (C=O) groups excluding carboxylic acids is 2. The topological polar surface area (TPSA) is 46.6 Å². The van der Waals surface area contributed by atoms with Gasteiger partial charge in [0.15, 0.2) is 0 Å². The van der Waals surface area contributed by atoms with Crippen LogP contribution in [-0.4, -0.2) is 22.1 Å². The van der Waals surface area contributed by atoms with Crippen LogP contribution in [0.3, 0.4) is 0 Å². The summed E-state index contributed by atoms with van der Waals surface area (Å²) in [4.78, 5) is 26.1. The first-order chi connectivity index (χ1) is 13.3. The largest absolute Gasteiger partial charge is 0.486 e. The van der Waals surface area contributed by atoms with Gasteiger partial charge in [0.2, 0.25) is 0 Å². The summed E-state index contributed by atoms with van der Waals surface area (Å²) in [6, 6.07) is 9.80. The van der Waals surface area contributed by atoms with Crippen molar-refractivity contribution in [2.75, 3.05) is 0 Å².